The molecule has 1 aliphatic rings. The van der Waals surface area contributed by atoms with Gasteiger partial charge in [0.25, 0.3) is 0 Å². The second kappa shape index (κ2) is 5.18. The summed E-state index contributed by atoms with van der Waals surface area (Å²) in [6.07, 6.45) is 8.22. The zero-order valence-electron chi connectivity index (χ0n) is 10.9. The number of anilines is 1. The van der Waals surface area contributed by atoms with E-state index in [9.17, 15) is 0 Å². The molecule has 1 aromatic heterocycles. The fraction of sp³-hybridized carbons (Fsp3) is 0.615. The van der Waals surface area contributed by atoms with Crippen molar-refractivity contribution in [2.75, 3.05) is 5.32 Å². The maximum absolute atomic E-state index is 5.68. The van der Waals surface area contributed by atoms with Gasteiger partial charge in [0.1, 0.15) is 10.7 Å². The Labute approximate surface area is 113 Å². The lowest BCUT2D eigenvalue weighted by Gasteiger charge is -2.39. The van der Waals surface area contributed by atoms with Gasteiger partial charge in [-0.2, -0.15) is 0 Å². The molecule has 4 nitrogen and oxygen atoms in total. The molecular weight excluding hydrogens is 244 g/mol. The Morgan fingerprint density at radius 3 is 2.78 bits per heavy atom. The van der Waals surface area contributed by atoms with E-state index >= 15 is 0 Å². The molecule has 1 aliphatic carbocycles. The highest BCUT2D eigenvalue weighted by Crippen LogP contribution is 2.37. The van der Waals surface area contributed by atoms with Crippen LogP contribution in [-0.4, -0.2) is 21.0 Å². The predicted molar refractivity (Wildman–Crippen MR) is 77.6 cm³/mol. The van der Waals surface area contributed by atoms with Crippen LogP contribution in [0.15, 0.2) is 12.4 Å². The maximum atomic E-state index is 5.68. The molecule has 1 heterocycles. The highest BCUT2D eigenvalue weighted by molar-refractivity contribution is 7.80. The minimum absolute atomic E-state index is 0.267. The highest BCUT2D eigenvalue weighted by Gasteiger charge is 2.32. The highest BCUT2D eigenvalue weighted by atomic mass is 32.1. The third kappa shape index (κ3) is 2.77. The van der Waals surface area contributed by atoms with Crippen molar-refractivity contribution in [3.8, 4) is 0 Å². The van der Waals surface area contributed by atoms with E-state index in [1.165, 1.54) is 19.3 Å². The van der Waals surface area contributed by atoms with Gasteiger partial charge in [0, 0.05) is 18.4 Å². The molecule has 0 amide bonds. The molecule has 1 unspecified atom stereocenters. The van der Waals surface area contributed by atoms with Crippen LogP contribution in [-0.2, 0) is 0 Å². The molecule has 0 aliphatic heterocycles. The van der Waals surface area contributed by atoms with E-state index < -0.39 is 0 Å². The van der Waals surface area contributed by atoms with E-state index in [1.54, 1.807) is 12.4 Å². The summed E-state index contributed by atoms with van der Waals surface area (Å²) in [4.78, 5) is 8.81. The van der Waals surface area contributed by atoms with Gasteiger partial charge < -0.3 is 11.1 Å². The van der Waals surface area contributed by atoms with Crippen molar-refractivity contribution in [1.82, 2.24) is 9.97 Å². The Kier molecular flexibility index (Phi) is 3.80. The van der Waals surface area contributed by atoms with Crippen molar-refractivity contribution >= 4 is 23.0 Å². The first-order chi connectivity index (χ1) is 8.50. The average molecular weight is 264 g/mol. The van der Waals surface area contributed by atoms with Gasteiger partial charge in [-0.05, 0) is 18.3 Å². The Morgan fingerprint density at radius 2 is 2.11 bits per heavy atom. The SMILES string of the molecule is CC1(C)CCCCC1Nc1nccnc1C(N)=S. The second-order valence-corrected chi connectivity index (χ2v) is 5.99. The van der Waals surface area contributed by atoms with Crippen LogP contribution in [0.1, 0.15) is 45.2 Å². The first kappa shape index (κ1) is 13.2. The maximum Gasteiger partial charge on any atom is 0.155 e. The fourth-order valence-corrected chi connectivity index (χ4v) is 2.70. The van der Waals surface area contributed by atoms with Gasteiger partial charge in [-0.15, -0.1) is 0 Å². The number of aromatic nitrogens is 2. The van der Waals surface area contributed by atoms with Crippen molar-refractivity contribution < 1.29 is 0 Å². The smallest absolute Gasteiger partial charge is 0.155 e. The Bertz CT molecular complexity index is 444. The van der Waals surface area contributed by atoms with Crippen LogP contribution in [0.25, 0.3) is 0 Å². The van der Waals surface area contributed by atoms with E-state index in [-0.39, 0.29) is 5.41 Å². The van der Waals surface area contributed by atoms with Crippen LogP contribution in [0.2, 0.25) is 0 Å². The zero-order chi connectivity index (χ0) is 13.2. The minimum atomic E-state index is 0.267. The summed E-state index contributed by atoms with van der Waals surface area (Å²) in [6, 6.07) is 0.399. The number of rotatable bonds is 3. The lowest BCUT2D eigenvalue weighted by Crippen LogP contribution is -2.39. The van der Waals surface area contributed by atoms with Crippen LogP contribution in [0.5, 0.6) is 0 Å². The number of nitrogens with zero attached hydrogens (tertiary/aromatic N) is 2. The van der Waals surface area contributed by atoms with Gasteiger partial charge >= 0.3 is 0 Å². The number of thiocarbonyl (C=S) groups is 1. The monoisotopic (exact) mass is 264 g/mol. The van der Waals surface area contributed by atoms with Gasteiger partial charge in [-0.3, -0.25) is 0 Å². The standard InChI is InChI=1S/C13H20N4S/c1-13(2)6-4-3-5-9(13)17-12-10(11(14)18)15-7-8-16-12/h7-9H,3-6H2,1-2H3,(H2,14,18)(H,16,17). The molecule has 1 saturated carbocycles. The molecule has 0 bridgehead atoms. The average Bonchev–Trinajstić information content (AvgIpc) is 2.32. The largest absolute Gasteiger partial charge is 0.388 e. The Hall–Kier alpha value is -1.23. The Morgan fingerprint density at radius 1 is 1.39 bits per heavy atom. The predicted octanol–water partition coefficient (Wildman–Crippen LogP) is 2.49. The number of hydrogen-bond acceptors (Lipinski definition) is 4. The van der Waals surface area contributed by atoms with Crippen LogP contribution in [0.3, 0.4) is 0 Å². The molecule has 0 radical (unpaired) electrons. The fourth-order valence-electron chi connectivity index (χ4n) is 2.55. The summed E-state index contributed by atoms with van der Waals surface area (Å²) in [7, 11) is 0. The van der Waals surface area contributed by atoms with Gasteiger partial charge in [0.15, 0.2) is 5.82 Å². The lowest BCUT2D eigenvalue weighted by atomic mass is 9.73. The van der Waals surface area contributed by atoms with Crippen LogP contribution in [0.4, 0.5) is 5.82 Å². The quantitative estimate of drug-likeness (QED) is 0.821. The molecule has 98 valence electrons. The van der Waals surface area contributed by atoms with E-state index in [2.05, 4.69) is 29.1 Å². The first-order valence-electron chi connectivity index (χ1n) is 6.38. The van der Waals surface area contributed by atoms with E-state index in [0.29, 0.717) is 22.5 Å². The molecule has 3 N–H and O–H groups in total. The van der Waals surface area contributed by atoms with Crippen molar-refractivity contribution in [3.63, 3.8) is 0 Å². The molecule has 0 aromatic carbocycles. The van der Waals surface area contributed by atoms with E-state index in [0.717, 1.165) is 6.42 Å². The molecule has 18 heavy (non-hydrogen) atoms. The van der Waals surface area contributed by atoms with Gasteiger partial charge in [-0.1, -0.05) is 38.9 Å². The van der Waals surface area contributed by atoms with Crippen molar-refractivity contribution in [3.05, 3.63) is 18.1 Å². The molecule has 2 rings (SSSR count). The lowest BCUT2D eigenvalue weighted by molar-refractivity contribution is 0.216. The summed E-state index contributed by atoms with van der Waals surface area (Å²) in [6.45, 7) is 4.58. The third-order valence-electron chi connectivity index (χ3n) is 3.75. The van der Waals surface area contributed by atoms with E-state index in [4.69, 9.17) is 18.0 Å². The van der Waals surface area contributed by atoms with Crippen molar-refractivity contribution in [2.45, 2.75) is 45.6 Å². The molecule has 0 spiro atoms. The summed E-state index contributed by atoms with van der Waals surface area (Å²) >= 11 is 5.01. The molecule has 5 heteroatoms. The molecule has 1 aromatic rings. The summed E-state index contributed by atoms with van der Waals surface area (Å²) in [5, 5.41) is 3.48. The summed E-state index contributed by atoms with van der Waals surface area (Å²) in [5.41, 5.74) is 6.53. The van der Waals surface area contributed by atoms with Gasteiger partial charge in [-0.25, -0.2) is 9.97 Å². The summed E-state index contributed by atoms with van der Waals surface area (Å²) < 4.78 is 0. The molecule has 1 fully saturated rings. The van der Waals surface area contributed by atoms with E-state index in [1.807, 2.05) is 0 Å². The third-order valence-corrected chi connectivity index (χ3v) is 3.94. The topological polar surface area (TPSA) is 63.8 Å². The number of nitrogens with two attached hydrogens (primary N) is 1. The van der Waals surface area contributed by atoms with Crippen LogP contribution in [0, 0.1) is 5.41 Å². The van der Waals surface area contributed by atoms with Gasteiger partial charge in [0.05, 0.1) is 0 Å². The molecular formula is C13H20N4S. The van der Waals surface area contributed by atoms with Crippen LogP contribution >= 0.6 is 12.2 Å². The second-order valence-electron chi connectivity index (χ2n) is 5.55. The minimum Gasteiger partial charge on any atom is -0.388 e. The normalized spacial score (nSPS) is 22.4. The first-order valence-corrected chi connectivity index (χ1v) is 6.79. The molecule has 1 atom stereocenters. The number of hydrogen-bond donors (Lipinski definition) is 2. The van der Waals surface area contributed by atoms with Crippen molar-refractivity contribution in [2.24, 2.45) is 11.1 Å². The van der Waals surface area contributed by atoms with Crippen molar-refractivity contribution in [1.29, 1.82) is 0 Å². The van der Waals surface area contributed by atoms with Gasteiger partial charge in [0.2, 0.25) is 0 Å². The zero-order valence-corrected chi connectivity index (χ0v) is 11.8. The number of nitrogens with one attached hydrogen (secondary N) is 1. The molecule has 0 saturated heterocycles. The Balaban J connectivity index is 2.21. The van der Waals surface area contributed by atoms with Crippen LogP contribution < -0.4 is 11.1 Å². The summed E-state index contributed by atoms with van der Waals surface area (Å²) in [5.74, 6) is 0.713.